The Bertz CT molecular complexity index is 682. The lowest BCUT2D eigenvalue weighted by molar-refractivity contribution is -0.124. The SMILES string of the molecule is CC(=O)Nc1ccc(/N=C2\SCC(=O)N2CC2=CCCO2)cc1. The molecule has 0 spiro atoms. The van der Waals surface area contributed by atoms with E-state index in [9.17, 15) is 9.59 Å². The van der Waals surface area contributed by atoms with Gasteiger partial charge in [0.15, 0.2) is 5.17 Å². The number of hydrogen-bond acceptors (Lipinski definition) is 5. The second kappa shape index (κ2) is 6.87. The molecular formula is C16H17N3O3S. The maximum atomic E-state index is 12.0. The molecule has 0 bridgehead atoms. The molecule has 1 saturated heterocycles. The third kappa shape index (κ3) is 3.92. The Kier molecular flexibility index (Phi) is 4.66. The molecule has 1 aromatic rings. The molecule has 0 radical (unpaired) electrons. The van der Waals surface area contributed by atoms with E-state index < -0.39 is 0 Å². The molecule has 0 saturated carbocycles. The van der Waals surface area contributed by atoms with Crippen molar-refractivity contribution in [2.75, 3.05) is 24.2 Å². The molecule has 23 heavy (non-hydrogen) atoms. The van der Waals surface area contributed by atoms with Crippen molar-refractivity contribution >= 4 is 40.1 Å². The van der Waals surface area contributed by atoms with Crippen LogP contribution in [0.25, 0.3) is 0 Å². The van der Waals surface area contributed by atoms with Crippen LogP contribution in [-0.4, -0.2) is 40.8 Å². The van der Waals surface area contributed by atoms with Gasteiger partial charge in [0.1, 0.15) is 5.76 Å². The molecule has 0 aromatic heterocycles. The number of carbonyl (C=O) groups is 2. The highest BCUT2D eigenvalue weighted by Crippen LogP contribution is 2.26. The first kappa shape index (κ1) is 15.6. The van der Waals surface area contributed by atoms with Gasteiger partial charge in [0, 0.05) is 19.0 Å². The summed E-state index contributed by atoms with van der Waals surface area (Å²) in [5, 5.41) is 3.39. The van der Waals surface area contributed by atoms with Gasteiger partial charge in [-0.3, -0.25) is 14.5 Å². The Morgan fingerprint density at radius 2 is 2.17 bits per heavy atom. The van der Waals surface area contributed by atoms with Gasteiger partial charge in [-0.05, 0) is 30.3 Å². The van der Waals surface area contributed by atoms with Crippen molar-refractivity contribution in [1.82, 2.24) is 4.90 Å². The van der Waals surface area contributed by atoms with Gasteiger partial charge in [-0.2, -0.15) is 0 Å². The molecule has 0 atom stereocenters. The van der Waals surface area contributed by atoms with Crippen LogP contribution in [0.1, 0.15) is 13.3 Å². The summed E-state index contributed by atoms with van der Waals surface area (Å²) in [5.41, 5.74) is 1.46. The average Bonchev–Trinajstić information content (AvgIpc) is 3.14. The molecule has 120 valence electrons. The first-order chi connectivity index (χ1) is 11.1. The Hall–Kier alpha value is -2.28. The molecule has 6 nitrogen and oxygen atoms in total. The molecule has 2 aliphatic rings. The van der Waals surface area contributed by atoms with Crippen LogP contribution in [0.4, 0.5) is 11.4 Å². The second-order valence-electron chi connectivity index (χ2n) is 5.20. The summed E-state index contributed by atoms with van der Waals surface area (Å²) in [6, 6.07) is 7.20. The lowest BCUT2D eigenvalue weighted by atomic mass is 10.3. The number of nitrogens with one attached hydrogen (secondary N) is 1. The number of ether oxygens (including phenoxy) is 1. The van der Waals surface area contributed by atoms with Crippen molar-refractivity contribution in [3.05, 3.63) is 36.1 Å². The first-order valence-corrected chi connectivity index (χ1v) is 8.32. The molecule has 7 heteroatoms. The number of amidine groups is 1. The maximum absolute atomic E-state index is 12.0. The molecule has 3 rings (SSSR count). The van der Waals surface area contributed by atoms with Crippen LogP contribution in [0.2, 0.25) is 0 Å². The number of amides is 2. The molecular weight excluding hydrogens is 314 g/mol. The van der Waals surface area contributed by atoms with Gasteiger partial charge in [0.05, 0.1) is 24.6 Å². The van der Waals surface area contributed by atoms with Crippen molar-refractivity contribution in [2.24, 2.45) is 4.99 Å². The van der Waals surface area contributed by atoms with Gasteiger partial charge in [0.2, 0.25) is 11.8 Å². The van der Waals surface area contributed by atoms with Crippen molar-refractivity contribution in [1.29, 1.82) is 0 Å². The molecule has 2 heterocycles. The third-order valence-corrected chi connectivity index (χ3v) is 4.32. The Balaban J connectivity index is 1.74. The largest absolute Gasteiger partial charge is 0.496 e. The molecule has 1 N–H and O–H groups in total. The Morgan fingerprint density at radius 1 is 1.39 bits per heavy atom. The number of carbonyl (C=O) groups excluding carboxylic acids is 2. The highest BCUT2D eigenvalue weighted by Gasteiger charge is 2.29. The molecule has 1 fully saturated rings. The number of anilines is 1. The summed E-state index contributed by atoms with van der Waals surface area (Å²) in [7, 11) is 0. The fourth-order valence-corrected chi connectivity index (χ4v) is 3.21. The minimum atomic E-state index is -0.114. The first-order valence-electron chi connectivity index (χ1n) is 7.33. The zero-order valence-corrected chi connectivity index (χ0v) is 13.6. The summed E-state index contributed by atoms with van der Waals surface area (Å²) in [6.07, 6.45) is 2.90. The number of benzene rings is 1. The predicted molar refractivity (Wildman–Crippen MR) is 90.7 cm³/mol. The van der Waals surface area contributed by atoms with E-state index in [2.05, 4.69) is 10.3 Å². The van der Waals surface area contributed by atoms with Gasteiger partial charge < -0.3 is 10.1 Å². The molecule has 2 aliphatic heterocycles. The van der Waals surface area contributed by atoms with E-state index in [1.807, 2.05) is 18.2 Å². The summed E-state index contributed by atoms with van der Waals surface area (Å²) < 4.78 is 5.48. The van der Waals surface area contributed by atoms with E-state index in [0.717, 1.165) is 23.6 Å². The van der Waals surface area contributed by atoms with Crippen LogP contribution in [-0.2, 0) is 14.3 Å². The summed E-state index contributed by atoms with van der Waals surface area (Å²) >= 11 is 1.43. The van der Waals surface area contributed by atoms with Gasteiger partial charge in [-0.15, -0.1) is 0 Å². The quantitative estimate of drug-likeness (QED) is 0.920. The summed E-state index contributed by atoms with van der Waals surface area (Å²) in [6.45, 7) is 2.59. The molecule has 0 aliphatic carbocycles. The van der Waals surface area contributed by atoms with Crippen LogP contribution in [0.3, 0.4) is 0 Å². The van der Waals surface area contributed by atoms with E-state index in [-0.39, 0.29) is 11.8 Å². The topological polar surface area (TPSA) is 71.0 Å². The van der Waals surface area contributed by atoms with E-state index in [0.29, 0.717) is 24.1 Å². The predicted octanol–water partition coefficient (Wildman–Crippen LogP) is 2.51. The van der Waals surface area contributed by atoms with E-state index in [1.165, 1.54) is 18.7 Å². The van der Waals surface area contributed by atoms with Crippen LogP contribution in [0.5, 0.6) is 0 Å². The molecule has 1 aromatic carbocycles. The molecule has 0 unspecified atom stereocenters. The zero-order valence-electron chi connectivity index (χ0n) is 12.7. The standard InChI is InChI=1S/C16H17N3O3S/c1-11(20)17-12-4-6-13(7-5-12)18-16-19(15(21)10-23-16)9-14-3-2-8-22-14/h3-7H,2,8-10H2,1H3,(H,17,20)/b18-16-. The van der Waals surface area contributed by atoms with Gasteiger partial charge in [-0.1, -0.05) is 11.8 Å². The number of rotatable bonds is 4. The maximum Gasteiger partial charge on any atom is 0.239 e. The smallest absolute Gasteiger partial charge is 0.239 e. The van der Waals surface area contributed by atoms with Gasteiger partial charge >= 0.3 is 0 Å². The van der Waals surface area contributed by atoms with Gasteiger partial charge in [-0.25, -0.2) is 4.99 Å². The second-order valence-corrected chi connectivity index (χ2v) is 6.14. The number of thioether (sulfide) groups is 1. The highest BCUT2D eigenvalue weighted by molar-refractivity contribution is 8.15. The molecule has 2 amide bonds. The van der Waals surface area contributed by atoms with Crippen molar-refractivity contribution < 1.29 is 14.3 Å². The van der Waals surface area contributed by atoms with E-state index in [1.54, 1.807) is 17.0 Å². The van der Waals surface area contributed by atoms with E-state index >= 15 is 0 Å². The normalized spacial score (nSPS) is 19.0. The average molecular weight is 331 g/mol. The lowest BCUT2D eigenvalue weighted by Crippen LogP contribution is -2.31. The van der Waals surface area contributed by atoms with Crippen LogP contribution in [0.15, 0.2) is 41.1 Å². The minimum absolute atomic E-state index is 0.0417. The third-order valence-electron chi connectivity index (χ3n) is 3.36. The zero-order chi connectivity index (χ0) is 16.2. The van der Waals surface area contributed by atoms with Crippen LogP contribution >= 0.6 is 11.8 Å². The number of hydrogen-bond donors (Lipinski definition) is 1. The number of aliphatic imine (C=N–C) groups is 1. The lowest BCUT2D eigenvalue weighted by Gasteiger charge is -2.16. The fourth-order valence-electron chi connectivity index (χ4n) is 2.31. The van der Waals surface area contributed by atoms with Crippen molar-refractivity contribution in [2.45, 2.75) is 13.3 Å². The monoisotopic (exact) mass is 331 g/mol. The van der Waals surface area contributed by atoms with Gasteiger partial charge in [0.25, 0.3) is 0 Å². The Labute approximate surface area is 138 Å². The minimum Gasteiger partial charge on any atom is -0.496 e. The van der Waals surface area contributed by atoms with Crippen LogP contribution < -0.4 is 5.32 Å². The number of nitrogens with zero attached hydrogens (tertiary/aromatic N) is 2. The van der Waals surface area contributed by atoms with Crippen LogP contribution in [0, 0.1) is 0 Å². The van der Waals surface area contributed by atoms with Crippen molar-refractivity contribution in [3.8, 4) is 0 Å². The Morgan fingerprint density at radius 3 is 2.83 bits per heavy atom. The fraction of sp³-hybridized carbons (Fsp3) is 0.312. The van der Waals surface area contributed by atoms with E-state index in [4.69, 9.17) is 4.74 Å². The summed E-state index contributed by atoms with van der Waals surface area (Å²) in [5.74, 6) is 1.16. The highest BCUT2D eigenvalue weighted by atomic mass is 32.2. The summed E-state index contributed by atoms with van der Waals surface area (Å²) in [4.78, 5) is 29.2. The van der Waals surface area contributed by atoms with Crippen molar-refractivity contribution in [3.63, 3.8) is 0 Å².